The lowest BCUT2D eigenvalue weighted by Gasteiger charge is -2.04. The summed E-state index contributed by atoms with van der Waals surface area (Å²) in [6, 6.07) is 12.5. The summed E-state index contributed by atoms with van der Waals surface area (Å²) in [6.07, 6.45) is 0. The van der Waals surface area contributed by atoms with E-state index in [4.69, 9.17) is 15.3 Å². The monoisotopic (exact) mass is 271 g/mol. The van der Waals surface area contributed by atoms with E-state index in [-0.39, 0.29) is 0 Å². The van der Waals surface area contributed by atoms with Crippen molar-refractivity contribution in [2.45, 2.75) is 13.8 Å². The first-order valence-electron chi connectivity index (χ1n) is 5.94. The number of fused-ring (bicyclic) bond motifs is 3. The zero-order valence-corrected chi connectivity index (χ0v) is 11.1. The number of hydrogen-bond donors (Lipinski definition) is 1. The molecule has 0 atom stereocenters. The summed E-state index contributed by atoms with van der Waals surface area (Å²) in [7, 11) is 0. The van der Waals surface area contributed by atoms with Crippen LogP contribution in [-0.4, -0.2) is 20.3 Å². The van der Waals surface area contributed by atoms with Gasteiger partial charge in [-0.2, -0.15) is 0 Å². The van der Waals surface area contributed by atoms with Gasteiger partial charge in [-0.3, -0.25) is 9.97 Å². The topological polar surface area (TPSA) is 89.2 Å². The van der Waals surface area contributed by atoms with Gasteiger partial charge in [0.05, 0.1) is 11.0 Å². The molecule has 0 fully saturated rings. The van der Waals surface area contributed by atoms with Crippen molar-refractivity contribution in [2.75, 3.05) is 0 Å². The predicted octanol–water partition coefficient (Wildman–Crippen LogP) is 3.05. The van der Waals surface area contributed by atoms with Crippen LogP contribution in [0.3, 0.4) is 0 Å². The Hall–Kier alpha value is -2.76. The number of nitrogens with zero attached hydrogens (tertiary/aromatic N) is 3. The van der Waals surface area contributed by atoms with E-state index < -0.39 is 5.09 Å². The van der Waals surface area contributed by atoms with Crippen LogP contribution < -0.4 is 0 Å². The van der Waals surface area contributed by atoms with E-state index >= 15 is 0 Å². The minimum atomic E-state index is -1.50. The Morgan fingerprint density at radius 3 is 1.55 bits per heavy atom. The maximum absolute atomic E-state index is 8.36. The second-order valence-corrected chi connectivity index (χ2v) is 4.35. The lowest BCUT2D eigenvalue weighted by atomic mass is 10.1. The molecule has 0 saturated heterocycles. The molecule has 0 bridgehead atoms. The Bertz CT molecular complexity index is 722. The fourth-order valence-electron chi connectivity index (χ4n) is 1.96. The molecule has 6 heteroatoms. The number of pyridine rings is 2. The zero-order valence-electron chi connectivity index (χ0n) is 11.1. The summed E-state index contributed by atoms with van der Waals surface area (Å²) in [5.41, 5.74) is 4.06. The highest BCUT2D eigenvalue weighted by Crippen LogP contribution is 2.22. The molecule has 1 aromatic carbocycles. The van der Waals surface area contributed by atoms with Gasteiger partial charge in [0.2, 0.25) is 0 Å². The molecular weight excluding hydrogens is 258 g/mol. The first-order chi connectivity index (χ1) is 9.47. The van der Waals surface area contributed by atoms with E-state index in [0.29, 0.717) is 0 Å². The second kappa shape index (κ2) is 5.48. The molecule has 6 nitrogen and oxygen atoms in total. The van der Waals surface area contributed by atoms with Crippen molar-refractivity contribution in [2.24, 2.45) is 0 Å². The van der Waals surface area contributed by atoms with Gasteiger partial charge in [-0.05, 0) is 26.0 Å². The molecule has 1 N–H and O–H groups in total. The molecular formula is C14H13N3O3. The predicted molar refractivity (Wildman–Crippen MR) is 75.3 cm³/mol. The van der Waals surface area contributed by atoms with Gasteiger partial charge in [0, 0.05) is 22.2 Å². The van der Waals surface area contributed by atoms with E-state index in [2.05, 4.69) is 34.2 Å². The van der Waals surface area contributed by atoms with Crippen molar-refractivity contribution in [3.8, 4) is 0 Å². The third kappa shape index (κ3) is 2.97. The number of benzene rings is 1. The molecule has 3 rings (SSSR count). The molecule has 2 heterocycles. The Morgan fingerprint density at radius 2 is 1.20 bits per heavy atom. The first kappa shape index (κ1) is 13.7. The summed E-state index contributed by atoms with van der Waals surface area (Å²) >= 11 is 0. The van der Waals surface area contributed by atoms with Crippen LogP contribution in [0.5, 0.6) is 0 Å². The molecule has 0 spiro atoms. The molecule has 0 amide bonds. The van der Waals surface area contributed by atoms with Crippen LogP contribution >= 0.6 is 0 Å². The average Bonchev–Trinajstić information content (AvgIpc) is 2.38. The normalized spacial score (nSPS) is 10.1. The van der Waals surface area contributed by atoms with E-state index in [0.717, 1.165) is 33.2 Å². The van der Waals surface area contributed by atoms with E-state index in [9.17, 15) is 0 Å². The lowest BCUT2D eigenvalue weighted by molar-refractivity contribution is -0.742. The van der Waals surface area contributed by atoms with Crippen LogP contribution in [0.2, 0.25) is 0 Å². The van der Waals surface area contributed by atoms with Crippen LogP contribution in [-0.2, 0) is 0 Å². The van der Waals surface area contributed by atoms with Crippen molar-refractivity contribution in [1.82, 2.24) is 9.97 Å². The van der Waals surface area contributed by atoms with Crippen LogP contribution in [0.25, 0.3) is 21.8 Å². The van der Waals surface area contributed by atoms with Crippen LogP contribution in [0, 0.1) is 24.0 Å². The highest BCUT2D eigenvalue weighted by atomic mass is 16.9. The lowest BCUT2D eigenvalue weighted by Crippen LogP contribution is -1.89. The SMILES string of the molecule is Cc1ccc2ccc3ccc(C)nc3c2n1.O=[N+]([O-])O. The van der Waals surface area contributed by atoms with Gasteiger partial charge < -0.3 is 5.21 Å². The van der Waals surface area contributed by atoms with Gasteiger partial charge >= 0.3 is 0 Å². The maximum atomic E-state index is 8.36. The third-order valence-electron chi connectivity index (χ3n) is 2.80. The number of aryl methyl sites for hydroxylation is 2. The second-order valence-electron chi connectivity index (χ2n) is 4.35. The van der Waals surface area contributed by atoms with Gasteiger partial charge in [-0.25, -0.2) is 0 Å². The molecule has 2 aromatic heterocycles. The van der Waals surface area contributed by atoms with Crippen molar-refractivity contribution in [1.29, 1.82) is 0 Å². The minimum Gasteiger partial charge on any atom is -0.328 e. The van der Waals surface area contributed by atoms with Crippen molar-refractivity contribution in [3.05, 3.63) is 57.9 Å². The maximum Gasteiger partial charge on any atom is 0.291 e. The molecule has 0 aliphatic rings. The Morgan fingerprint density at radius 1 is 0.900 bits per heavy atom. The highest BCUT2D eigenvalue weighted by molar-refractivity contribution is 6.02. The Labute approximate surface area is 114 Å². The molecule has 102 valence electrons. The molecule has 0 aliphatic heterocycles. The Kier molecular flexibility index (Phi) is 3.74. The van der Waals surface area contributed by atoms with E-state index in [1.807, 2.05) is 26.0 Å². The fraction of sp³-hybridized carbons (Fsp3) is 0.143. The first-order valence-corrected chi connectivity index (χ1v) is 5.94. The fourth-order valence-corrected chi connectivity index (χ4v) is 1.96. The van der Waals surface area contributed by atoms with Gasteiger partial charge in [0.1, 0.15) is 0 Å². The zero-order chi connectivity index (χ0) is 14.7. The minimum absolute atomic E-state index is 1.00. The largest absolute Gasteiger partial charge is 0.328 e. The highest BCUT2D eigenvalue weighted by Gasteiger charge is 2.03. The third-order valence-corrected chi connectivity index (χ3v) is 2.80. The summed E-state index contributed by atoms with van der Waals surface area (Å²) in [5.74, 6) is 0. The smallest absolute Gasteiger partial charge is 0.291 e. The molecule has 20 heavy (non-hydrogen) atoms. The standard InChI is InChI=1S/C14H12N2.HNO3/c1-9-3-5-11-7-8-12-6-4-10(2)16-14(12)13(11)15-9;2-1(3)4/h3-8H,1-2H3;(H,2,3,4). The number of aromatic nitrogens is 2. The van der Waals surface area contributed by atoms with Crippen molar-refractivity contribution < 1.29 is 10.3 Å². The van der Waals surface area contributed by atoms with Crippen LogP contribution in [0.15, 0.2) is 36.4 Å². The summed E-state index contributed by atoms with van der Waals surface area (Å²) < 4.78 is 0. The average molecular weight is 271 g/mol. The van der Waals surface area contributed by atoms with Gasteiger partial charge in [0.25, 0.3) is 5.09 Å². The molecule has 3 aromatic rings. The Balaban J connectivity index is 0.000000328. The summed E-state index contributed by atoms with van der Waals surface area (Å²) in [5, 5.41) is 15.9. The van der Waals surface area contributed by atoms with Crippen molar-refractivity contribution >= 4 is 21.8 Å². The van der Waals surface area contributed by atoms with E-state index in [1.165, 1.54) is 0 Å². The molecule has 0 radical (unpaired) electrons. The molecule has 0 aliphatic carbocycles. The molecule has 0 saturated carbocycles. The summed E-state index contributed by atoms with van der Waals surface area (Å²) in [4.78, 5) is 17.5. The van der Waals surface area contributed by atoms with E-state index in [1.54, 1.807) is 0 Å². The van der Waals surface area contributed by atoms with Gasteiger partial charge in [-0.1, -0.05) is 24.3 Å². The van der Waals surface area contributed by atoms with Gasteiger partial charge in [-0.15, -0.1) is 10.1 Å². The number of rotatable bonds is 0. The summed E-state index contributed by atoms with van der Waals surface area (Å²) in [6.45, 7) is 4.02. The van der Waals surface area contributed by atoms with Crippen LogP contribution in [0.4, 0.5) is 0 Å². The van der Waals surface area contributed by atoms with Crippen molar-refractivity contribution in [3.63, 3.8) is 0 Å². The molecule has 0 unspecified atom stereocenters. The van der Waals surface area contributed by atoms with Crippen LogP contribution in [0.1, 0.15) is 11.4 Å². The van der Waals surface area contributed by atoms with Gasteiger partial charge in [0.15, 0.2) is 0 Å². The number of hydrogen-bond acceptors (Lipinski definition) is 4. The quantitative estimate of drug-likeness (QED) is 0.385.